The minimum absolute atomic E-state index is 0.0778. The summed E-state index contributed by atoms with van der Waals surface area (Å²) < 4.78 is 50.6. The van der Waals surface area contributed by atoms with Crippen molar-refractivity contribution >= 4 is 17.0 Å². The first-order valence-electron chi connectivity index (χ1n) is 14.9. The highest BCUT2D eigenvalue weighted by Crippen LogP contribution is 2.39. The number of nitrogens with zero attached hydrogens (tertiary/aromatic N) is 1. The molecule has 41 heavy (non-hydrogen) atoms. The van der Waals surface area contributed by atoms with Gasteiger partial charge in [-0.15, -0.1) is 11.3 Å². The third kappa shape index (κ3) is 8.51. The van der Waals surface area contributed by atoms with Gasteiger partial charge in [0, 0.05) is 47.1 Å². The molecule has 4 rings (SSSR count). The predicted octanol–water partition coefficient (Wildman–Crippen LogP) is 9.64. The van der Waals surface area contributed by atoms with E-state index in [0.29, 0.717) is 18.5 Å². The number of fused-ring (bicyclic) bond motifs is 1. The van der Waals surface area contributed by atoms with Crippen LogP contribution >= 0.6 is 11.3 Å². The molecule has 0 spiro atoms. The van der Waals surface area contributed by atoms with Crippen LogP contribution in [0.15, 0.2) is 60.5 Å². The Morgan fingerprint density at radius 2 is 2.00 bits per heavy atom. The third-order valence-corrected chi connectivity index (χ3v) is 8.99. The van der Waals surface area contributed by atoms with E-state index in [-0.39, 0.29) is 35.9 Å². The van der Waals surface area contributed by atoms with Crippen molar-refractivity contribution < 1.29 is 17.9 Å². The Hall–Kier alpha value is -2.51. The van der Waals surface area contributed by atoms with Crippen molar-refractivity contribution in [2.45, 2.75) is 91.0 Å². The van der Waals surface area contributed by atoms with Gasteiger partial charge in [0.25, 0.3) is 5.92 Å². The van der Waals surface area contributed by atoms with E-state index in [4.69, 9.17) is 4.74 Å². The molecule has 1 aromatic heterocycles. The summed E-state index contributed by atoms with van der Waals surface area (Å²) in [5, 5.41) is 3.30. The van der Waals surface area contributed by atoms with Crippen LogP contribution < -0.4 is 10.2 Å². The van der Waals surface area contributed by atoms with Crippen LogP contribution in [-0.2, 0) is 17.1 Å². The molecule has 3 atom stereocenters. The number of allylic oxidation sites excluding steroid dienone is 2. The smallest absolute Gasteiger partial charge is 0.297 e. The molecule has 2 aliphatic heterocycles. The second-order valence-electron chi connectivity index (χ2n) is 11.1. The molecular weight excluding hydrogens is 541 g/mol. The first-order chi connectivity index (χ1) is 19.6. The van der Waals surface area contributed by atoms with Crippen molar-refractivity contribution in [2.24, 2.45) is 5.92 Å². The van der Waals surface area contributed by atoms with Crippen LogP contribution in [0, 0.1) is 18.7 Å². The number of benzene rings is 1. The van der Waals surface area contributed by atoms with Gasteiger partial charge in [-0.2, -0.15) is 8.78 Å². The molecule has 0 saturated heterocycles. The number of hydrogen-bond acceptors (Lipinski definition) is 4. The molecule has 0 radical (unpaired) electrons. The van der Waals surface area contributed by atoms with Gasteiger partial charge in [-0.1, -0.05) is 57.0 Å². The van der Waals surface area contributed by atoms with Gasteiger partial charge < -0.3 is 15.0 Å². The number of alkyl halides is 2. The Morgan fingerprint density at radius 1 is 1.24 bits per heavy atom. The van der Waals surface area contributed by atoms with Crippen LogP contribution in [0.4, 0.5) is 18.9 Å². The largest absolute Gasteiger partial charge is 0.388 e. The van der Waals surface area contributed by atoms with Crippen molar-refractivity contribution in [3.8, 4) is 0 Å². The molecule has 0 bridgehead atoms. The molecule has 0 aliphatic carbocycles. The van der Waals surface area contributed by atoms with E-state index < -0.39 is 12.5 Å². The summed E-state index contributed by atoms with van der Waals surface area (Å²) in [7, 11) is 1.88. The predicted molar refractivity (Wildman–Crippen MR) is 168 cm³/mol. The van der Waals surface area contributed by atoms with Crippen LogP contribution in [0.25, 0.3) is 0 Å². The van der Waals surface area contributed by atoms with Crippen LogP contribution in [-0.4, -0.2) is 26.3 Å². The van der Waals surface area contributed by atoms with Crippen molar-refractivity contribution in [2.75, 3.05) is 25.2 Å². The third-order valence-electron chi connectivity index (χ3n) is 7.88. The first-order valence-corrected chi connectivity index (χ1v) is 15.7. The lowest BCUT2D eigenvalue weighted by Gasteiger charge is -2.26. The number of para-hydroxylation sites is 1. The van der Waals surface area contributed by atoms with E-state index in [1.807, 2.05) is 58.1 Å². The average molecular weight is 589 g/mol. The number of halogens is 3. The van der Waals surface area contributed by atoms with Gasteiger partial charge in [0.15, 0.2) is 0 Å². The maximum atomic E-state index is 15.2. The summed E-state index contributed by atoms with van der Waals surface area (Å²) in [5.41, 5.74) is 3.61. The normalized spacial score (nSPS) is 22.9. The Labute approximate surface area is 249 Å². The number of nitrogens with one attached hydrogen (secondary N) is 1. The molecule has 1 aromatic carbocycles. The lowest BCUT2D eigenvalue weighted by molar-refractivity contribution is -0.0849. The average Bonchev–Trinajstić information content (AvgIpc) is 3.53. The molecule has 3 unspecified atom stereocenters. The topological polar surface area (TPSA) is 24.5 Å². The molecule has 2 aliphatic rings. The van der Waals surface area contributed by atoms with Crippen molar-refractivity contribution in [3.05, 3.63) is 87.2 Å². The Kier molecular flexibility index (Phi) is 12.2. The summed E-state index contributed by atoms with van der Waals surface area (Å²) in [6.07, 6.45) is 10.9. The van der Waals surface area contributed by atoms with Crippen LogP contribution in [0.5, 0.6) is 0 Å². The maximum Gasteiger partial charge on any atom is 0.297 e. The highest BCUT2D eigenvalue weighted by molar-refractivity contribution is 7.12. The zero-order valence-electron chi connectivity index (χ0n) is 25.5. The summed E-state index contributed by atoms with van der Waals surface area (Å²) in [5.74, 6) is -2.89. The highest BCUT2D eigenvalue weighted by Gasteiger charge is 2.36. The number of hydrogen-bond donors (Lipinski definition) is 1. The standard InChI is InChI=1S/C32H41F3N2OS.C2H6/c1-21(2)25(19-37(5)31-27(10-8-11-29(31)33)26-13-15-36-23(26)4)18-24-9-6-7-12-30-28(17-22(3)39-30)32(34,35)20-38-16-14-24;1-2/h8,10-11,13,15,17,19,23-24,26,36H,1,6-7,9,12,14,16,18,20H2,2-5H3;1-2H3/b25-19-;. The molecule has 3 nitrogen and oxygen atoms in total. The van der Waals surface area contributed by atoms with Crippen molar-refractivity contribution in [3.63, 3.8) is 0 Å². The summed E-state index contributed by atoms with van der Waals surface area (Å²) >= 11 is 1.47. The van der Waals surface area contributed by atoms with Crippen molar-refractivity contribution in [1.29, 1.82) is 0 Å². The van der Waals surface area contributed by atoms with E-state index in [1.165, 1.54) is 17.4 Å². The lowest BCUT2D eigenvalue weighted by atomic mass is 9.88. The van der Waals surface area contributed by atoms with Gasteiger partial charge in [0.05, 0.1) is 5.69 Å². The minimum Gasteiger partial charge on any atom is -0.388 e. The van der Waals surface area contributed by atoms with Gasteiger partial charge in [0.1, 0.15) is 12.4 Å². The molecule has 0 amide bonds. The number of thiophene rings is 1. The van der Waals surface area contributed by atoms with E-state index >= 15 is 4.39 Å². The molecular formula is C34H47F3N2OS. The second-order valence-corrected chi connectivity index (χ2v) is 12.5. The zero-order chi connectivity index (χ0) is 30.2. The van der Waals surface area contributed by atoms with Gasteiger partial charge in [0.2, 0.25) is 0 Å². The van der Waals surface area contributed by atoms with E-state index in [2.05, 4.69) is 24.9 Å². The number of anilines is 1. The quantitative estimate of drug-likeness (QED) is 0.340. The van der Waals surface area contributed by atoms with Gasteiger partial charge in [-0.25, -0.2) is 4.39 Å². The Balaban J connectivity index is 0.00000226. The van der Waals surface area contributed by atoms with E-state index in [0.717, 1.165) is 52.1 Å². The lowest BCUT2D eigenvalue weighted by Crippen LogP contribution is -2.24. The fourth-order valence-corrected chi connectivity index (χ4v) is 6.86. The summed E-state index contributed by atoms with van der Waals surface area (Å²) in [4.78, 5) is 3.57. The zero-order valence-corrected chi connectivity index (χ0v) is 26.4. The molecule has 7 heteroatoms. The number of aryl methyl sites for hydroxylation is 2. The van der Waals surface area contributed by atoms with E-state index in [9.17, 15) is 8.78 Å². The highest BCUT2D eigenvalue weighted by atomic mass is 32.1. The summed E-state index contributed by atoms with van der Waals surface area (Å²) in [6.45, 7) is 13.9. The fourth-order valence-electron chi connectivity index (χ4n) is 5.73. The molecule has 3 heterocycles. The Morgan fingerprint density at radius 3 is 2.68 bits per heavy atom. The monoisotopic (exact) mass is 588 g/mol. The molecule has 0 fully saturated rings. The molecule has 226 valence electrons. The van der Waals surface area contributed by atoms with E-state index in [1.54, 1.807) is 12.1 Å². The van der Waals surface area contributed by atoms with Crippen LogP contribution in [0.1, 0.15) is 86.6 Å². The van der Waals surface area contributed by atoms with Crippen LogP contribution in [0.3, 0.4) is 0 Å². The van der Waals surface area contributed by atoms with Crippen LogP contribution in [0.2, 0.25) is 0 Å². The number of rotatable bonds is 6. The summed E-state index contributed by atoms with van der Waals surface area (Å²) in [6, 6.07) is 7.06. The molecule has 2 aromatic rings. The van der Waals surface area contributed by atoms with Gasteiger partial charge in [-0.05, 0) is 81.8 Å². The second kappa shape index (κ2) is 15.1. The molecule has 0 saturated carbocycles. The minimum atomic E-state index is -2.97. The fraction of sp³-hybridized carbons (Fsp3) is 0.529. The first kappa shape index (κ1) is 33.0. The Bertz CT molecular complexity index is 1220. The maximum absolute atomic E-state index is 15.2. The van der Waals surface area contributed by atoms with Gasteiger partial charge >= 0.3 is 0 Å². The molecule has 1 N–H and O–H groups in total. The SMILES string of the molecule is C=C(C)/C(=C\N(C)c1c(F)cccc1C1C=CNC1C)CC1CCCCc2sc(C)cc2C(F)(F)COCC1.CC. The van der Waals surface area contributed by atoms with Gasteiger partial charge in [-0.3, -0.25) is 0 Å². The van der Waals surface area contributed by atoms with Crippen molar-refractivity contribution in [1.82, 2.24) is 5.32 Å². The number of ether oxygens (including phenoxy) is 1.